The van der Waals surface area contributed by atoms with E-state index in [1.54, 1.807) is 54.6 Å². The van der Waals surface area contributed by atoms with Crippen LogP contribution in [-0.2, 0) is 15.8 Å². The summed E-state index contributed by atoms with van der Waals surface area (Å²) >= 11 is 1.91. The maximum Gasteiger partial charge on any atom is 0.417 e. The van der Waals surface area contributed by atoms with E-state index < -0.39 is 23.7 Å². The van der Waals surface area contributed by atoms with E-state index in [2.05, 4.69) is 25.8 Å². The van der Waals surface area contributed by atoms with E-state index in [0.717, 1.165) is 48.8 Å². The van der Waals surface area contributed by atoms with Gasteiger partial charge in [-0.05, 0) is 41.5 Å². The van der Waals surface area contributed by atoms with E-state index in [4.69, 9.17) is 5.73 Å². The number of carbonyl (C=O) groups is 2. The van der Waals surface area contributed by atoms with Crippen molar-refractivity contribution in [3.63, 3.8) is 0 Å². The first kappa shape index (κ1) is 30.1. The van der Waals surface area contributed by atoms with Crippen LogP contribution in [0.3, 0.4) is 0 Å². The Balaban J connectivity index is 1.43. The van der Waals surface area contributed by atoms with Crippen molar-refractivity contribution in [1.82, 2.24) is 15.2 Å². The van der Waals surface area contributed by atoms with Gasteiger partial charge in [-0.3, -0.25) is 9.59 Å². The molecular weight excluding hydrogens is 553 g/mol. The zero-order valence-corrected chi connectivity index (χ0v) is 23.0. The second kappa shape index (κ2) is 14.2. The topological polar surface area (TPSA) is 112 Å². The van der Waals surface area contributed by atoms with Gasteiger partial charge in [0.05, 0.1) is 16.9 Å². The van der Waals surface area contributed by atoms with Gasteiger partial charge in [0.25, 0.3) is 0 Å². The molecule has 2 heterocycles. The fourth-order valence-electron chi connectivity index (χ4n) is 4.14. The standard InChI is InChI=1S/C29H31F3N6O2S/c30-29(31,32)22-10-11-25(35-19-22)37-28(40)27(34-13-14-38-15-17-41-18-16-38)21-8-5-20(6-9-21)7-12-26(39)36-24-4-2-1-3-23(24)33/h1-12,19,27,34H,13-18,33H2,(H,36,39)(H,35,37,40). The third-order valence-electron chi connectivity index (χ3n) is 6.40. The molecule has 1 aromatic heterocycles. The molecule has 1 atom stereocenters. The number of pyridine rings is 1. The molecule has 1 unspecified atom stereocenters. The van der Waals surface area contributed by atoms with E-state index in [-0.39, 0.29) is 11.7 Å². The highest BCUT2D eigenvalue weighted by molar-refractivity contribution is 7.99. The van der Waals surface area contributed by atoms with Crippen molar-refractivity contribution in [3.05, 3.63) is 89.6 Å². The molecule has 0 saturated carbocycles. The number of anilines is 3. The van der Waals surface area contributed by atoms with Crippen LogP contribution in [0.5, 0.6) is 0 Å². The fraction of sp³-hybridized carbons (Fsp3) is 0.276. The quantitative estimate of drug-likeness (QED) is 0.203. The highest BCUT2D eigenvalue weighted by Crippen LogP contribution is 2.29. The molecule has 1 fully saturated rings. The van der Waals surface area contributed by atoms with Crippen molar-refractivity contribution >= 4 is 46.8 Å². The molecule has 2 aromatic carbocycles. The number of para-hydroxylation sites is 2. The van der Waals surface area contributed by atoms with Gasteiger partial charge >= 0.3 is 6.18 Å². The van der Waals surface area contributed by atoms with Crippen molar-refractivity contribution in [3.8, 4) is 0 Å². The summed E-state index contributed by atoms with van der Waals surface area (Å²) in [6.07, 6.45) is -0.799. The number of nitrogens with one attached hydrogen (secondary N) is 3. The first-order chi connectivity index (χ1) is 19.7. The molecule has 216 valence electrons. The Hall–Kier alpha value is -3.87. The van der Waals surface area contributed by atoms with Gasteiger partial charge in [-0.1, -0.05) is 36.4 Å². The summed E-state index contributed by atoms with van der Waals surface area (Å²) in [6.45, 7) is 3.24. The Labute approximate surface area is 240 Å². The lowest BCUT2D eigenvalue weighted by Crippen LogP contribution is -2.41. The van der Waals surface area contributed by atoms with Crippen molar-refractivity contribution < 1.29 is 22.8 Å². The number of alkyl halides is 3. The molecule has 1 aliphatic rings. The smallest absolute Gasteiger partial charge is 0.397 e. The molecule has 0 bridgehead atoms. The van der Waals surface area contributed by atoms with Crippen molar-refractivity contribution in [2.75, 3.05) is 54.1 Å². The van der Waals surface area contributed by atoms with Crippen LogP contribution in [0.25, 0.3) is 6.08 Å². The highest BCUT2D eigenvalue weighted by atomic mass is 32.2. The number of aromatic nitrogens is 1. The molecule has 5 N–H and O–H groups in total. The van der Waals surface area contributed by atoms with Crippen LogP contribution >= 0.6 is 11.8 Å². The number of halogens is 3. The number of amides is 2. The van der Waals surface area contributed by atoms with Crippen molar-refractivity contribution in [2.24, 2.45) is 0 Å². The van der Waals surface area contributed by atoms with E-state index in [0.29, 0.717) is 29.7 Å². The Morgan fingerprint density at radius 1 is 1.02 bits per heavy atom. The second-order valence-corrected chi connectivity index (χ2v) is 10.6. The summed E-state index contributed by atoms with van der Waals surface area (Å²) < 4.78 is 38.7. The number of benzene rings is 2. The van der Waals surface area contributed by atoms with Crippen LogP contribution < -0.4 is 21.7 Å². The lowest BCUT2D eigenvalue weighted by atomic mass is 10.0. The first-order valence-corrected chi connectivity index (χ1v) is 14.2. The summed E-state index contributed by atoms with van der Waals surface area (Å²) in [5.74, 6) is 1.36. The summed E-state index contributed by atoms with van der Waals surface area (Å²) in [4.78, 5) is 31.6. The van der Waals surface area contributed by atoms with Crippen molar-refractivity contribution in [1.29, 1.82) is 0 Å². The van der Waals surface area contributed by atoms with Gasteiger partial charge in [-0.25, -0.2) is 4.98 Å². The van der Waals surface area contributed by atoms with E-state index >= 15 is 0 Å². The summed E-state index contributed by atoms with van der Waals surface area (Å²) in [5.41, 5.74) is 7.34. The molecule has 3 aromatic rings. The van der Waals surface area contributed by atoms with Gasteiger partial charge in [-0.2, -0.15) is 24.9 Å². The van der Waals surface area contributed by atoms with Crippen LogP contribution in [0.15, 0.2) is 72.9 Å². The van der Waals surface area contributed by atoms with E-state index in [1.165, 1.54) is 6.08 Å². The van der Waals surface area contributed by atoms with Crippen LogP contribution in [0.1, 0.15) is 22.7 Å². The molecule has 12 heteroatoms. The SMILES string of the molecule is Nc1ccccc1NC(=O)C=Cc1ccc(C(NCCN2CCSCC2)C(=O)Nc2ccc(C(F)(F)F)cn2)cc1. The maximum absolute atomic E-state index is 13.2. The minimum atomic E-state index is -4.52. The first-order valence-electron chi connectivity index (χ1n) is 13.0. The van der Waals surface area contributed by atoms with Gasteiger partial charge in [0.2, 0.25) is 11.8 Å². The second-order valence-electron chi connectivity index (χ2n) is 9.34. The normalized spacial score (nSPS) is 15.0. The number of nitrogen functional groups attached to an aromatic ring is 1. The van der Waals surface area contributed by atoms with Crippen LogP contribution in [0.4, 0.5) is 30.4 Å². The molecule has 1 aliphatic heterocycles. The van der Waals surface area contributed by atoms with Crippen molar-refractivity contribution in [2.45, 2.75) is 12.2 Å². The Morgan fingerprint density at radius 3 is 2.41 bits per heavy atom. The number of carbonyl (C=O) groups excluding carboxylic acids is 2. The van der Waals surface area contributed by atoms with Crippen LogP contribution in [-0.4, -0.2) is 59.4 Å². The van der Waals surface area contributed by atoms with E-state index in [1.807, 2.05) is 11.8 Å². The fourth-order valence-corrected chi connectivity index (χ4v) is 5.12. The summed E-state index contributed by atoms with van der Waals surface area (Å²) in [5, 5.41) is 8.62. The number of rotatable bonds is 10. The van der Waals surface area contributed by atoms with Gasteiger partial charge in [0.15, 0.2) is 0 Å². The largest absolute Gasteiger partial charge is 0.417 e. The molecule has 0 spiro atoms. The average molecular weight is 585 g/mol. The van der Waals surface area contributed by atoms with Gasteiger partial charge < -0.3 is 26.6 Å². The summed E-state index contributed by atoms with van der Waals surface area (Å²) in [7, 11) is 0. The number of nitrogens with zero attached hydrogens (tertiary/aromatic N) is 2. The number of nitrogens with two attached hydrogens (primary N) is 1. The molecule has 4 rings (SSSR count). The lowest BCUT2D eigenvalue weighted by molar-refractivity contribution is -0.137. The van der Waals surface area contributed by atoms with Crippen LogP contribution in [0.2, 0.25) is 0 Å². The third-order valence-corrected chi connectivity index (χ3v) is 7.34. The zero-order chi connectivity index (χ0) is 29.2. The van der Waals surface area contributed by atoms with Crippen LogP contribution in [0, 0.1) is 0 Å². The lowest BCUT2D eigenvalue weighted by Gasteiger charge is -2.27. The third kappa shape index (κ3) is 9.07. The Bertz CT molecular complexity index is 1340. The maximum atomic E-state index is 13.2. The Kier molecular flexibility index (Phi) is 10.4. The molecule has 1 saturated heterocycles. The van der Waals surface area contributed by atoms with Gasteiger partial charge in [0.1, 0.15) is 11.9 Å². The number of hydrogen-bond acceptors (Lipinski definition) is 7. The molecular formula is C29H31F3N6O2S. The Morgan fingerprint density at radius 2 is 1.76 bits per heavy atom. The average Bonchev–Trinajstić information content (AvgIpc) is 2.96. The minimum Gasteiger partial charge on any atom is -0.397 e. The van der Waals surface area contributed by atoms with Gasteiger partial charge in [-0.15, -0.1) is 0 Å². The summed E-state index contributed by atoms with van der Waals surface area (Å²) in [6, 6.07) is 15.3. The molecule has 8 nitrogen and oxygen atoms in total. The molecule has 0 aliphatic carbocycles. The molecule has 41 heavy (non-hydrogen) atoms. The minimum absolute atomic E-state index is 0.0208. The highest BCUT2D eigenvalue weighted by Gasteiger charge is 2.31. The predicted octanol–water partition coefficient (Wildman–Crippen LogP) is 4.65. The molecule has 2 amide bonds. The monoisotopic (exact) mass is 584 g/mol. The zero-order valence-electron chi connectivity index (χ0n) is 22.2. The number of hydrogen-bond donors (Lipinski definition) is 4. The van der Waals surface area contributed by atoms with Gasteiger partial charge in [0, 0.05) is 50.0 Å². The molecule has 0 radical (unpaired) electrons. The number of thioether (sulfide) groups is 1. The van der Waals surface area contributed by atoms with E-state index in [9.17, 15) is 22.8 Å². The predicted molar refractivity (Wildman–Crippen MR) is 157 cm³/mol.